The van der Waals surface area contributed by atoms with Crippen LogP contribution in [0.3, 0.4) is 0 Å². The summed E-state index contributed by atoms with van der Waals surface area (Å²) < 4.78 is 25.5. The molecule has 95 valence electrons. The molecule has 1 aromatic heterocycles. The Morgan fingerprint density at radius 1 is 1.41 bits per heavy atom. The van der Waals surface area contributed by atoms with Crippen LogP contribution < -0.4 is 0 Å². The number of hydrogen-bond donors (Lipinski definition) is 1. The molecule has 0 saturated heterocycles. The molecule has 0 atom stereocenters. The average molecular weight is 256 g/mol. The zero-order valence-electron chi connectivity index (χ0n) is 10.4. The van der Waals surface area contributed by atoms with Crippen molar-refractivity contribution >= 4 is 10.0 Å². The van der Waals surface area contributed by atoms with Gasteiger partial charge in [-0.1, -0.05) is 0 Å². The summed E-state index contributed by atoms with van der Waals surface area (Å²) in [5, 5.41) is 6.73. The van der Waals surface area contributed by atoms with E-state index in [-0.39, 0.29) is 0 Å². The molecular formula is C11H18N3O2S. The number of hydrogen-bond acceptors (Lipinski definition) is 3. The van der Waals surface area contributed by atoms with Gasteiger partial charge in [-0.15, -0.1) is 0 Å². The normalized spacial score (nSPS) is 18.8. The summed E-state index contributed by atoms with van der Waals surface area (Å²) in [4.78, 5) is 0. The second kappa shape index (κ2) is 4.10. The predicted octanol–water partition coefficient (Wildman–Crippen LogP) is 1.09. The highest BCUT2D eigenvalue weighted by Crippen LogP contribution is 2.25. The van der Waals surface area contributed by atoms with Crippen molar-refractivity contribution in [2.75, 3.05) is 6.54 Å². The lowest BCUT2D eigenvalue weighted by Gasteiger charge is -2.28. The van der Waals surface area contributed by atoms with Gasteiger partial charge in [-0.2, -0.15) is 9.40 Å². The SMILES string of the molecule is CC(C)(C)S(=O)(=O)N1CCCc2[nH]n[c]c2C1. The zero-order valence-corrected chi connectivity index (χ0v) is 11.3. The van der Waals surface area contributed by atoms with Gasteiger partial charge in [-0.05, 0) is 33.6 Å². The van der Waals surface area contributed by atoms with Crippen LogP contribution in [0, 0.1) is 6.20 Å². The predicted molar refractivity (Wildman–Crippen MR) is 64.8 cm³/mol. The van der Waals surface area contributed by atoms with Crippen molar-refractivity contribution in [3.05, 3.63) is 17.5 Å². The molecule has 1 aromatic rings. The van der Waals surface area contributed by atoms with Crippen LogP contribution >= 0.6 is 0 Å². The molecule has 17 heavy (non-hydrogen) atoms. The monoisotopic (exact) mass is 256 g/mol. The molecule has 2 rings (SSSR count). The number of rotatable bonds is 1. The minimum Gasteiger partial charge on any atom is -0.282 e. The third-order valence-corrected chi connectivity index (χ3v) is 5.57. The third-order valence-electron chi connectivity index (χ3n) is 3.03. The fourth-order valence-electron chi connectivity index (χ4n) is 1.92. The Bertz CT molecular complexity index is 499. The average Bonchev–Trinajstić information content (AvgIpc) is 2.53. The van der Waals surface area contributed by atoms with Gasteiger partial charge in [-0.3, -0.25) is 5.10 Å². The lowest BCUT2D eigenvalue weighted by atomic mass is 10.2. The molecule has 2 heterocycles. The van der Waals surface area contributed by atoms with E-state index in [9.17, 15) is 8.42 Å². The number of aromatic amines is 1. The van der Waals surface area contributed by atoms with E-state index in [2.05, 4.69) is 16.4 Å². The van der Waals surface area contributed by atoms with Crippen molar-refractivity contribution in [3.63, 3.8) is 0 Å². The van der Waals surface area contributed by atoms with Crippen LogP contribution in [-0.2, 0) is 23.0 Å². The fraction of sp³-hybridized carbons (Fsp3) is 0.727. The Morgan fingerprint density at radius 2 is 2.12 bits per heavy atom. The Balaban J connectivity index is 2.31. The van der Waals surface area contributed by atoms with Gasteiger partial charge in [0.2, 0.25) is 10.0 Å². The molecule has 0 saturated carbocycles. The van der Waals surface area contributed by atoms with Crippen LogP contribution in [0.25, 0.3) is 0 Å². The van der Waals surface area contributed by atoms with Crippen LogP contribution in [0.5, 0.6) is 0 Å². The molecule has 6 heteroatoms. The Hall–Kier alpha value is -0.880. The minimum atomic E-state index is -3.27. The van der Waals surface area contributed by atoms with Crippen LogP contribution in [0.2, 0.25) is 0 Å². The second-order valence-electron chi connectivity index (χ2n) is 5.35. The molecule has 0 unspecified atom stereocenters. The van der Waals surface area contributed by atoms with Crippen molar-refractivity contribution in [1.29, 1.82) is 0 Å². The fourth-order valence-corrected chi connectivity index (χ4v) is 3.36. The molecule has 1 aliphatic rings. The van der Waals surface area contributed by atoms with Crippen molar-refractivity contribution in [2.45, 2.75) is 44.9 Å². The molecule has 0 bridgehead atoms. The summed E-state index contributed by atoms with van der Waals surface area (Å²) in [6.07, 6.45) is 4.49. The number of H-pyrrole nitrogens is 1. The largest absolute Gasteiger partial charge is 0.282 e. The van der Waals surface area contributed by atoms with Crippen LogP contribution in [0.4, 0.5) is 0 Å². The van der Waals surface area contributed by atoms with Gasteiger partial charge in [0, 0.05) is 24.3 Å². The molecule has 0 spiro atoms. The van der Waals surface area contributed by atoms with Gasteiger partial charge in [0.25, 0.3) is 0 Å². The van der Waals surface area contributed by atoms with E-state index >= 15 is 0 Å². The van der Waals surface area contributed by atoms with Crippen LogP contribution in [0.1, 0.15) is 38.4 Å². The van der Waals surface area contributed by atoms with Crippen molar-refractivity contribution in [3.8, 4) is 0 Å². The summed E-state index contributed by atoms with van der Waals surface area (Å²) in [7, 11) is -3.27. The third kappa shape index (κ3) is 2.24. The van der Waals surface area contributed by atoms with E-state index < -0.39 is 14.8 Å². The highest BCUT2D eigenvalue weighted by molar-refractivity contribution is 7.90. The van der Waals surface area contributed by atoms with Crippen molar-refractivity contribution < 1.29 is 8.42 Å². The number of nitrogens with one attached hydrogen (secondary N) is 1. The molecule has 0 aliphatic carbocycles. The molecule has 0 amide bonds. The topological polar surface area (TPSA) is 66.1 Å². The number of fused-ring (bicyclic) bond motifs is 1. The molecule has 0 fully saturated rings. The van der Waals surface area contributed by atoms with Gasteiger partial charge in [-0.25, -0.2) is 8.42 Å². The lowest BCUT2D eigenvalue weighted by Crippen LogP contribution is -2.42. The minimum absolute atomic E-state index is 0.380. The van der Waals surface area contributed by atoms with E-state index in [1.165, 1.54) is 0 Å². The lowest BCUT2D eigenvalue weighted by molar-refractivity contribution is 0.392. The maximum atomic E-state index is 12.4. The second-order valence-corrected chi connectivity index (χ2v) is 8.04. The van der Waals surface area contributed by atoms with Gasteiger partial charge in [0.15, 0.2) is 0 Å². The summed E-state index contributed by atoms with van der Waals surface area (Å²) in [5.74, 6) is 0. The quantitative estimate of drug-likeness (QED) is 0.818. The standard InChI is InChI=1S/C11H18N3O2S/c1-11(2,3)17(15,16)14-6-4-5-10-9(8-14)7-12-13-10/h4-6,8H2,1-3H3,(H,12,13). The number of nitrogens with zero attached hydrogens (tertiary/aromatic N) is 2. The summed E-state index contributed by atoms with van der Waals surface area (Å²) in [5.41, 5.74) is 1.88. The molecule has 1 N–H and O–H groups in total. The smallest absolute Gasteiger partial charge is 0.219 e. The number of aryl methyl sites for hydroxylation is 1. The first-order valence-electron chi connectivity index (χ1n) is 5.76. The van der Waals surface area contributed by atoms with E-state index in [0.717, 1.165) is 24.1 Å². The summed E-state index contributed by atoms with van der Waals surface area (Å²) in [6.45, 7) is 6.13. The van der Waals surface area contributed by atoms with E-state index in [1.54, 1.807) is 25.1 Å². The summed E-state index contributed by atoms with van der Waals surface area (Å²) >= 11 is 0. The first kappa shape index (κ1) is 12.6. The van der Waals surface area contributed by atoms with E-state index in [1.807, 2.05) is 0 Å². The number of aromatic nitrogens is 2. The van der Waals surface area contributed by atoms with Crippen LogP contribution in [-0.4, -0.2) is 34.2 Å². The first-order chi connectivity index (χ1) is 7.82. The number of sulfonamides is 1. The van der Waals surface area contributed by atoms with Crippen molar-refractivity contribution in [2.24, 2.45) is 0 Å². The van der Waals surface area contributed by atoms with Gasteiger partial charge >= 0.3 is 0 Å². The summed E-state index contributed by atoms with van der Waals surface area (Å²) in [6, 6.07) is 0. The van der Waals surface area contributed by atoms with Gasteiger partial charge in [0.1, 0.15) is 6.20 Å². The first-order valence-corrected chi connectivity index (χ1v) is 7.20. The Morgan fingerprint density at radius 3 is 2.76 bits per heavy atom. The highest BCUT2D eigenvalue weighted by atomic mass is 32.2. The van der Waals surface area contributed by atoms with E-state index in [0.29, 0.717) is 13.1 Å². The van der Waals surface area contributed by atoms with E-state index in [4.69, 9.17) is 0 Å². The highest BCUT2D eigenvalue weighted by Gasteiger charge is 2.36. The maximum Gasteiger partial charge on any atom is 0.219 e. The van der Waals surface area contributed by atoms with Crippen molar-refractivity contribution in [1.82, 2.24) is 14.5 Å². The molecule has 5 nitrogen and oxygen atoms in total. The Labute approximate surface area is 102 Å². The van der Waals surface area contributed by atoms with Crippen LogP contribution in [0.15, 0.2) is 0 Å². The molecule has 0 aromatic carbocycles. The van der Waals surface area contributed by atoms with Gasteiger partial charge in [0.05, 0.1) is 4.75 Å². The molecular weight excluding hydrogens is 238 g/mol. The van der Waals surface area contributed by atoms with Gasteiger partial charge < -0.3 is 0 Å². The molecule has 1 aliphatic heterocycles. The molecule has 1 radical (unpaired) electrons. The maximum absolute atomic E-state index is 12.4. The zero-order chi connectivity index (χ0) is 12.7. The Kier molecular flexibility index (Phi) is 3.03.